The number of oxime groups is 1. The number of rotatable bonds is 8. The van der Waals surface area contributed by atoms with E-state index in [9.17, 15) is 0 Å². The van der Waals surface area contributed by atoms with Crippen LogP contribution in [-0.4, -0.2) is 35.1 Å². The van der Waals surface area contributed by atoms with Crippen molar-refractivity contribution in [3.05, 3.63) is 0 Å². The molecule has 4 nitrogen and oxygen atoms in total. The molecule has 0 aliphatic heterocycles. The molecule has 0 bridgehead atoms. The lowest BCUT2D eigenvalue weighted by Gasteiger charge is -2.31. The maximum atomic E-state index is 8.75. The van der Waals surface area contributed by atoms with Crippen molar-refractivity contribution in [1.82, 2.24) is 5.32 Å². The van der Waals surface area contributed by atoms with Crippen LogP contribution in [0.3, 0.4) is 0 Å². The Bertz CT molecular complexity index is 307. The molecule has 118 valence electrons. The van der Waals surface area contributed by atoms with E-state index in [-0.39, 0.29) is 5.41 Å². The predicted molar refractivity (Wildman–Crippen MR) is 88.6 cm³/mol. The monoisotopic (exact) mass is 301 g/mol. The first-order chi connectivity index (χ1) is 9.51. The summed E-state index contributed by atoms with van der Waals surface area (Å²) in [4.78, 5) is 0. The largest absolute Gasteiger partial charge is 0.409 e. The summed E-state index contributed by atoms with van der Waals surface area (Å²) in [5, 5.41) is 16.4. The molecule has 1 fully saturated rings. The molecule has 0 amide bonds. The summed E-state index contributed by atoms with van der Waals surface area (Å²) in [5.74, 6) is 0.334. The van der Waals surface area contributed by atoms with Gasteiger partial charge in [0.2, 0.25) is 0 Å². The van der Waals surface area contributed by atoms with E-state index >= 15 is 0 Å². The highest BCUT2D eigenvalue weighted by Gasteiger charge is 2.24. The second-order valence-electron chi connectivity index (χ2n) is 6.45. The lowest BCUT2D eigenvalue weighted by atomic mass is 9.86. The predicted octanol–water partition coefficient (Wildman–Crippen LogP) is 3.19. The number of amidine groups is 1. The standard InChI is InChI=1S/C15H31N3OS/c1-15(2,14(16)18-19)10-6-7-11-17-12-8-4-5-9-13(12)20-3/h12-13,17,19H,4-11H2,1-3H3,(H2,16,18). The maximum Gasteiger partial charge on any atom is 0.144 e. The molecule has 2 atom stereocenters. The van der Waals surface area contributed by atoms with Crippen molar-refractivity contribution in [3.8, 4) is 0 Å². The highest BCUT2D eigenvalue weighted by atomic mass is 32.2. The molecule has 20 heavy (non-hydrogen) atoms. The van der Waals surface area contributed by atoms with Gasteiger partial charge in [0.05, 0.1) is 0 Å². The molecule has 0 heterocycles. The minimum atomic E-state index is -0.207. The SMILES string of the molecule is CSC1CCCCC1NCCCCC(C)(C)C(N)=NO. The van der Waals surface area contributed by atoms with E-state index in [2.05, 4.69) is 16.7 Å². The van der Waals surface area contributed by atoms with Crippen LogP contribution in [0, 0.1) is 5.41 Å². The molecular formula is C15H31N3OS. The highest BCUT2D eigenvalue weighted by Crippen LogP contribution is 2.27. The Morgan fingerprint density at radius 1 is 1.35 bits per heavy atom. The van der Waals surface area contributed by atoms with Crippen LogP contribution >= 0.6 is 11.8 Å². The van der Waals surface area contributed by atoms with Crippen molar-refractivity contribution in [3.63, 3.8) is 0 Å². The summed E-state index contributed by atoms with van der Waals surface area (Å²) < 4.78 is 0. The van der Waals surface area contributed by atoms with E-state index in [4.69, 9.17) is 10.9 Å². The van der Waals surface area contributed by atoms with Crippen LogP contribution in [0.2, 0.25) is 0 Å². The molecule has 0 aromatic carbocycles. The number of unbranched alkanes of at least 4 members (excludes halogenated alkanes) is 1. The summed E-state index contributed by atoms with van der Waals surface area (Å²) >= 11 is 2.01. The van der Waals surface area contributed by atoms with E-state index < -0.39 is 0 Å². The van der Waals surface area contributed by atoms with Crippen LogP contribution in [-0.2, 0) is 0 Å². The zero-order chi connectivity index (χ0) is 15.0. The van der Waals surface area contributed by atoms with Gasteiger partial charge in [0.25, 0.3) is 0 Å². The zero-order valence-electron chi connectivity index (χ0n) is 13.2. The molecular weight excluding hydrogens is 270 g/mol. The Morgan fingerprint density at radius 2 is 2.05 bits per heavy atom. The van der Waals surface area contributed by atoms with Crippen LogP contribution in [0.1, 0.15) is 58.8 Å². The Kier molecular flexibility index (Phi) is 7.74. The normalized spacial score (nSPS) is 24.9. The fourth-order valence-corrected chi connectivity index (χ4v) is 3.82. The van der Waals surface area contributed by atoms with Gasteiger partial charge in [0.15, 0.2) is 0 Å². The van der Waals surface area contributed by atoms with Gasteiger partial charge in [-0.3, -0.25) is 0 Å². The van der Waals surface area contributed by atoms with E-state index in [0.717, 1.165) is 31.1 Å². The van der Waals surface area contributed by atoms with Gasteiger partial charge in [0, 0.05) is 16.7 Å². The third-order valence-corrected chi connectivity index (χ3v) is 5.61. The first kappa shape index (κ1) is 17.6. The van der Waals surface area contributed by atoms with Gasteiger partial charge in [-0.25, -0.2) is 0 Å². The van der Waals surface area contributed by atoms with Crippen LogP contribution in [0.5, 0.6) is 0 Å². The molecule has 0 aromatic heterocycles. The van der Waals surface area contributed by atoms with Crippen molar-refractivity contribution in [2.24, 2.45) is 16.3 Å². The topological polar surface area (TPSA) is 70.6 Å². The average Bonchev–Trinajstić information content (AvgIpc) is 2.46. The van der Waals surface area contributed by atoms with Crippen molar-refractivity contribution in [2.45, 2.75) is 70.1 Å². The van der Waals surface area contributed by atoms with Crippen molar-refractivity contribution in [2.75, 3.05) is 12.8 Å². The van der Waals surface area contributed by atoms with Gasteiger partial charge in [-0.1, -0.05) is 38.3 Å². The van der Waals surface area contributed by atoms with Crippen molar-refractivity contribution in [1.29, 1.82) is 0 Å². The molecule has 0 spiro atoms. The molecule has 0 radical (unpaired) electrons. The molecule has 0 aromatic rings. The average molecular weight is 302 g/mol. The van der Waals surface area contributed by atoms with Crippen molar-refractivity contribution < 1.29 is 5.21 Å². The van der Waals surface area contributed by atoms with E-state index in [1.165, 1.54) is 25.7 Å². The van der Waals surface area contributed by atoms with Crippen LogP contribution in [0.4, 0.5) is 0 Å². The number of nitrogens with zero attached hydrogens (tertiary/aromatic N) is 1. The van der Waals surface area contributed by atoms with Gasteiger partial charge in [0.1, 0.15) is 5.84 Å². The lowest BCUT2D eigenvalue weighted by molar-refractivity contribution is 0.303. The Labute approximate surface area is 127 Å². The minimum Gasteiger partial charge on any atom is -0.409 e. The molecule has 1 rings (SSSR count). The molecule has 0 saturated heterocycles. The number of thioether (sulfide) groups is 1. The summed E-state index contributed by atoms with van der Waals surface area (Å²) in [6.45, 7) is 5.13. The third-order valence-electron chi connectivity index (χ3n) is 4.44. The second kappa shape index (κ2) is 8.78. The fourth-order valence-electron chi connectivity index (χ4n) is 2.86. The third kappa shape index (κ3) is 5.52. The molecule has 2 unspecified atom stereocenters. The first-order valence-corrected chi connectivity index (χ1v) is 9.04. The van der Waals surface area contributed by atoms with Gasteiger partial charge in [-0.05, 0) is 38.5 Å². The van der Waals surface area contributed by atoms with Gasteiger partial charge in [-0.2, -0.15) is 11.8 Å². The summed E-state index contributed by atoms with van der Waals surface area (Å²) in [7, 11) is 0. The number of nitrogens with one attached hydrogen (secondary N) is 1. The van der Waals surface area contributed by atoms with Crippen LogP contribution in [0.15, 0.2) is 5.16 Å². The Morgan fingerprint density at radius 3 is 2.70 bits per heavy atom. The van der Waals surface area contributed by atoms with E-state index in [1.807, 2.05) is 25.6 Å². The quantitative estimate of drug-likeness (QED) is 0.212. The van der Waals surface area contributed by atoms with Gasteiger partial charge < -0.3 is 16.3 Å². The van der Waals surface area contributed by atoms with Crippen molar-refractivity contribution >= 4 is 17.6 Å². The van der Waals surface area contributed by atoms with Gasteiger partial charge >= 0.3 is 0 Å². The molecule has 1 aliphatic rings. The van der Waals surface area contributed by atoms with Gasteiger partial charge in [-0.15, -0.1) is 0 Å². The summed E-state index contributed by atoms with van der Waals surface area (Å²) in [6.07, 6.45) is 10.9. The zero-order valence-corrected chi connectivity index (χ0v) is 14.0. The van der Waals surface area contributed by atoms with E-state index in [1.54, 1.807) is 0 Å². The minimum absolute atomic E-state index is 0.207. The highest BCUT2D eigenvalue weighted by molar-refractivity contribution is 7.99. The number of hydrogen-bond donors (Lipinski definition) is 3. The smallest absolute Gasteiger partial charge is 0.144 e. The molecule has 1 saturated carbocycles. The Balaban J connectivity index is 2.18. The Hall–Kier alpha value is -0.420. The number of nitrogens with two attached hydrogens (primary N) is 1. The molecule has 4 N–H and O–H groups in total. The number of hydrogen-bond acceptors (Lipinski definition) is 4. The van der Waals surface area contributed by atoms with E-state index in [0.29, 0.717) is 11.9 Å². The molecule has 1 aliphatic carbocycles. The van der Waals surface area contributed by atoms with Crippen LogP contribution < -0.4 is 11.1 Å². The second-order valence-corrected chi connectivity index (χ2v) is 7.52. The maximum absolute atomic E-state index is 8.75. The summed E-state index contributed by atoms with van der Waals surface area (Å²) in [6, 6.07) is 0.691. The summed E-state index contributed by atoms with van der Waals surface area (Å²) in [5.41, 5.74) is 5.49. The lowest BCUT2D eigenvalue weighted by Crippen LogP contribution is -2.40. The van der Waals surface area contributed by atoms with Crippen LogP contribution in [0.25, 0.3) is 0 Å². The molecule has 5 heteroatoms. The fraction of sp³-hybridized carbons (Fsp3) is 0.933. The first-order valence-electron chi connectivity index (χ1n) is 7.75.